The Kier molecular flexibility index (Phi) is 4.37. The summed E-state index contributed by atoms with van der Waals surface area (Å²) < 4.78 is 0. The van der Waals surface area contributed by atoms with Crippen LogP contribution in [0.4, 0.5) is 11.4 Å². The average molecular weight is 235 g/mol. The third-order valence-corrected chi connectivity index (χ3v) is 2.56. The van der Waals surface area contributed by atoms with Crippen LogP contribution in [0.2, 0.25) is 0 Å². The van der Waals surface area contributed by atoms with Crippen molar-refractivity contribution in [3.8, 4) is 0 Å². The highest BCUT2D eigenvalue weighted by atomic mass is 16.1. The number of aryl methyl sites for hydroxylation is 1. The lowest BCUT2D eigenvalue weighted by Crippen LogP contribution is -2.36. The first-order chi connectivity index (χ1) is 7.90. The molecule has 0 aliphatic rings. The summed E-state index contributed by atoms with van der Waals surface area (Å²) in [5.74, 6) is 0.127. The second-order valence-corrected chi connectivity index (χ2v) is 4.78. The van der Waals surface area contributed by atoms with Crippen molar-refractivity contribution in [1.29, 1.82) is 0 Å². The summed E-state index contributed by atoms with van der Waals surface area (Å²) >= 11 is 0. The topological polar surface area (TPSA) is 72.3 Å². The molecule has 0 spiro atoms. The Bertz CT molecular complexity index is 402. The maximum absolute atomic E-state index is 11.1. The lowest BCUT2D eigenvalue weighted by molar-refractivity contribution is -0.116. The van der Waals surface area contributed by atoms with Crippen molar-refractivity contribution >= 4 is 17.3 Å². The highest BCUT2D eigenvalue weighted by Gasteiger charge is 2.11. The molecule has 0 aliphatic carbocycles. The van der Waals surface area contributed by atoms with E-state index < -0.39 is 0 Å². The molecule has 0 radical (unpaired) electrons. The lowest BCUT2D eigenvalue weighted by atomic mass is 10.1. The van der Waals surface area contributed by atoms with Gasteiger partial charge in [-0.1, -0.05) is 19.9 Å². The average Bonchev–Trinajstić information content (AvgIpc) is 2.19. The Morgan fingerprint density at radius 3 is 2.53 bits per heavy atom. The number of carbonyl (C=O) groups excluding carboxylic acids is 1. The standard InChI is InChI=1S/C13H21N3O/c1-9(2)7-16(8-13(15)17)11-5-4-10(3)12(14)6-11/h4-6,9H,7-8,14H2,1-3H3,(H2,15,17). The minimum Gasteiger partial charge on any atom is -0.398 e. The van der Waals surface area contributed by atoms with Crippen LogP contribution in [0.3, 0.4) is 0 Å². The first-order valence-corrected chi connectivity index (χ1v) is 5.79. The third-order valence-electron chi connectivity index (χ3n) is 2.56. The number of rotatable bonds is 5. The van der Waals surface area contributed by atoms with E-state index in [2.05, 4.69) is 13.8 Å². The molecule has 94 valence electrons. The van der Waals surface area contributed by atoms with Gasteiger partial charge in [-0.25, -0.2) is 0 Å². The molecule has 1 amide bonds. The van der Waals surface area contributed by atoms with Crippen molar-refractivity contribution in [3.63, 3.8) is 0 Å². The van der Waals surface area contributed by atoms with Crippen LogP contribution in [0.1, 0.15) is 19.4 Å². The first kappa shape index (κ1) is 13.4. The molecule has 1 aromatic rings. The molecule has 0 unspecified atom stereocenters. The molecule has 4 N–H and O–H groups in total. The summed E-state index contributed by atoms with van der Waals surface area (Å²) in [7, 11) is 0. The van der Waals surface area contributed by atoms with Crippen LogP contribution >= 0.6 is 0 Å². The SMILES string of the molecule is Cc1ccc(N(CC(N)=O)CC(C)C)cc1N. The van der Waals surface area contributed by atoms with Crippen LogP contribution < -0.4 is 16.4 Å². The molecule has 17 heavy (non-hydrogen) atoms. The van der Waals surface area contributed by atoms with Crippen LogP contribution in [-0.2, 0) is 4.79 Å². The summed E-state index contributed by atoms with van der Waals surface area (Å²) in [5, 5.41) is 0. The second kappa shape index (κ2) is 5.57. The molecule has 4 nitrogen and oxygen atoms in total. The number of nitrogens with zero attached hydrogens (tertiary/aromatic N) is 1. The Morgan fingerprint density at radius 2 is 2.06 bits per heavy atom. The van der Waals surface area contributed by atoms with Gasteiger partial charge in [0, 0.05) is 17.9 Å². The van der Waals surface area contributed by atoms with E-state index in [0.29, 0.717) is 5.92 Å². The fraction of sp³-hybridized carbons (Fsp3) is 0.462. The summed E-state index contributed by atoms with van der Waals surface area (Å²) in [6.07, 6.45) is 0. The van der Waals surface area contributed by atoms with E-state index in [-0.39, 0.29) is 12.5 Å². The van der Waals surface area contributed by atoms with Crippen LogP contribution in [0.5, 0.6) is 0 Å². The molecular weight excluding hydrogens is 214 g/mol. The van der Waals surface area contributed by atoms with Gasteiger partial charge in [-0.2, -0.15) is 0 Å². The van der Waals surface area contributed by atoms with Crippen LogP contribution in [0.25, 0.3) is 0 Å². The number of primary amides is 1. The van der Waals surface area contributed by atoms with Gasteiger partial charge in [0.2, 0.25) is 5.91 Å². The predicted molar refractivity (Wildman–Crippen MR) is 71.8 cm³/mol. The Hall–Kier alpha value is -1.71. The third kappa shape index (κ3) is 3.98. The van der Waals surface area contributed by atoms with Gasteiger partial charge in [-0.3, -0.25) is 4.79 Å². The smallest absolute Gasteiger partial charge is 0.236 e. The summed E-state index contributed by atoms with van der Waals surface area (Å²) in [4.78, 5) is 13.0. The molecular formula is C13H21N3O. The second-order valence-electron chi connectivity index (χ2n) is 4.78. The number of nitrogens with two attached hydrogens (primary N) is 2. The molecule has 0 saturated heterocycles. The van der Waals surface area contributed by atoms with Crippen molar-refractivity contribution in [1.82, 2.24) is 0 Å². The molecule has 0 aliphatic heterocycles. The van der Waals surface area contributed by atoms with Crippen LogP contribution in [0.15, 0.2) is 18.2 Å². The molecule has 1 aromatic carbocycles. The van der Waals surface area contributed by atoms with Gasteiger partial charge in [-0.15, -0.1) is 0 Å². The van der Waals surface area contributed by atoms with E-state index in [9.17, 15) is 4.79 Å². The van der Waals surface area contributed by atoms with E-state index in [1.165, 1.54) is 0 Å². The number of hydrogen-bond donors (Lipinski definition) is 2. The van der Waals surface area contributed by atoms with Crippen molar-refractivity contribution in [3.05, 3.63) is 23.8 Å². The molecule has 1 rings (SSSR count). The van der Waals surface area contributed by atoms with Gasteiger partial charge in [0.1, 0.15) is 0 Å². The molecule has 0 aromatic heterocycles. The van der Waals surface area contributed by atoms with Crippen LogP contribution in [0, 0.1) is 12.8 Å². The zero-order valence-electron chi connectivity index (χ0n) is 10.7. The maximum Gasteiger partial charge on any atom is 0.236 e. The van der Waals surface area contributed by atoms with E-state index in [0.717, 1.165) is 23.5 Å². The molecule has 0 heterocycles. The van der Waals surface area contributed by atoms with Crippen molar-refractivity contribution < 1.29 is 4.79 Å². The van der Waals surface area contributed by atoms with Gasteiger partial charge < -0.3 is 16.4 Å². The number of benzene rings is 1. The number of anilines is 2. The molecule has 0 bridgehead atoms. The summed E-state index contributed by atoms with van der Waals surface area (Å²) in [6.45, 7) is 7.17. The zero-order chi connectivity index (χ0) is 13.0. The largest absolute Gasteiger partial charge is 0.398 e. The first-order valence-electron chi connectivity index (χ1n) is 5.79. The van der Waals surface area contributed by atoms with Gasteiger partial charge in [0.25, 0.3) is 0 Å². The fourth-order valence-electron chi connectivity index (χ4n) is 1.71. The van der Waals surface area contributed by atoms with Crippen molar-refractivity contribution in [2.45, 2.75) is 20.8 Å². The van der Waals surface area contributed by atoms with Gasteiger partial charge in [0.05, 0.1) is 6.54 Å². The van der Waals surface area contributed by atoms with Gasteiger partial charge in [0.15, 0.2) is 0 Å². The maximum atomic E-state index is 11.1. The predicted octanol–water partition coefficient (Wildman–Crippen LogP) is 1.52. The fourth-order valence-corrected chi connectivity index (χ4v) is 1.71. The quantitative estimate of drug-likeness (QED) is 0.760. The molecule has 4 heteroatoms. The zero-order valence-corrected chi connectivity index (χ0v) is 10.7. The minimum absolute atomic E-state index is 0.223. The highest BCUT2D eigenvalue weighted by Crippen LogP contribution is 2.21. The van der Waals surface area contributed by atoms with E-state index >= 15 is 0 Å². The van der Waals surface area contributed by atoms with Crippen molar-refractivity contribution in [2.75, 3.05) is 23.7 Å². The number of hydrogen-bond acceptors (Lipinski definition) is 3. The van der Waals surface area contributed by atoms with E-state index in [1.54, 1.807) is 0 Å². The molecule has 0 fully saturated rings. The normalized spacial score (nSPS) is 10.6. The molecule has 0 atom stereocenters. The Balaban J connectivity index is 2.94. The monoisotopic (exact) mass is 235 g/mol. The van der Waals surface area contributed by atoms with Gasteiger partial charge in [-0.05, 0) is 30.5 Å². The van der Waals surface area contributed by atoms with Crippen LogP contribution in [-0.4, -0.2) is 19.0 Å². The summed E-state index contributed by atoms with van der Waals surface area (Å²) in [5.41, 5.74) is 13.9. The van der Waals surface area contributed by atoms with Crippen molar-refractivity contribution in [2.24, 2.45) is 11.7 Å². The van der Waals surface area contributed by atoms with E-state index in [4.69, 9.17) is 11.5 Å². The van der Waals surface area contributed by atoms with E-state index in [1.807, 2.05) is 30.0 Å². The minimum atomic E-state index is -0.329. The number of amides is 1. The Morgan fingerprint density at radius 1 is 1.41 bits per heavy atom. The number of carbonyl (C=O) groups is 1. The summed E-state index contributed by atoms with van der Waals surface area (Å²) in [6, 6.07) is 5.82. The Labute approximate surface area is 103 Å². The van der Waals surface area contributed by atoms with Gasteiger partial charge >= 0.3 is 0 Å². The number of nitrogen functional groups attached to an aromatic ring is 1. The highest BCUT2D eigenvalue weighted by molar-refractivity contribution is 5.80. The lowest BCUT2D eigenvalue weighted by Gasteiger charge is -2.25. The molecule has 0 saturated carbocycles.